The van der Waals surface area contributed by atoms with Crippen LogP contribution in [0.15, 0.2) is 0 Å². The number of alkyl halides is 3. The van der Waals surface area contributed by atoms with E-state index in [1.54, 1.807) is 0 Å². The van der Waals surface area contributed by atoms with Crippen LogP contribution in [-0.4, -0.2) is 42.8 Å². The standard InChI is InChI=1S/C13H27F3N2/c1-5-8-17-9-6-7-12(4)18(11(2)3)10-13(14,15)16/h11-12,17H,5-10H2,1-4H3. The van der Waals surface area contributed by atoms with Crippen LogP contribution in [0.3, 0.4) is 0 Å². The van der Waals surface area contributed by atoms with E-state index in [9.17, 15) is 13.2 Å². The van der Waals surface area contributed by atoms with Crippen molar-refractivity contribution >= 4 is 0 Å². The van der Waals surface area contributed by atoms with Gasteiger partial charge < -0.3 is 5.32 Å². The van der Waals surface area contributed by atoms with E-state index in [1.165, 1.54) is 4.90 Å². The molecule has 0 aliphatic heterocycles. The molecule has 1 N–H and O–H groups in total. The average molecular weight is 268 g/mol. The molecule has 0 aliphatic carbocycles. The molecule has 0 rings (SSSR count). The summed E-state index contributed by atoms with van der Waals surface area (Å²) in [4.78, 5) is 1.53. The largest absolute Gasteiger partial charge is 0.401 e. The molecule has 0 radical (unpaired) electrons. The van der Waals surface area contributed by atoms with Gasteiger partial charge in [0.25, 0.3) is 0 Å². The molecule has 18 heavy (non-hydrogen) atoms. The lowest BCUT2D eigenvalue weighted by Gasteiger charge is -2.33. The number of rotatable bonds is 9. The highest BCUT2D eigenvalue weighted by Crippen LogP contribution is 2.21. The molecule has 0 saturated heterocycles. The molecule has 0 aromatic heterocycles. The second-order valence-corrected chi connectivity index (χ2v) is 5.12. The van der Waals surface area contributed by atoms with Gasteiger partial charge in [-0.3, -0.25) is 4.90 Å². The summed E-state index contributed by atoms with van der Waals surface area (Å²) in [6, 6.07) is -0.111. The summed E-state index contributed by atoms with van der Waals surface area (Å²) in [5.41, 5.74) is 0. The predicted molar refractivity (Wildman–Crippen MR) is 69.8 cm³/mol. The Hall–Kier alpha value is -0.290. The van der Waals surface area contributed by atoms with E-state index >= 15 is 0 Å². The Morgan fingerprint density at radius 1 is 1.11 bits per heavy atom. The second kappa shape index (κ2) is 8.75. The average Bonchev–Trinajstić information content (AvgIpc) is 2.24. The van der Waals surface area contributed by atoms with Crippen LogP contribution in [0.4, 0.5) is 13.2 Å². The molecular weight excluding hydrogens is 241 g/mol. The molecule has 0 amide bonds. The van der Waals surface area contributed by atoms with Crippen molar-refractivity contribution in [2.45, 2.75) is 65.2 Å². The number of halogens is 3. The Balaban J connectivity index is 4.03. The second-order valence-electron chi connectivity index (χ2n) is 5.12. The van der Waals surface area contributed by atoms with E-state index in [4.69, 9.17) is 0 Å². The van der Waals surface area contributed by atoms with Crippen LogP contribution in [0.5, 0.6) is 0 Å². The van der Waals surface area contributed by atoms with Gasteiger partial charge in [-0.15, -0.1) is 0 Å². The molecule has 0 heterocycles. The summed E-state index contributed by atoms with van der Waals surface area (Å²) in [6.45, 7) is 8.66. The van der Waals surface area contributed by atoms with Crippen molar-refractivity contribution in [3.05, 3.63) is 0 Å². The summed E-state index contributed by atoms with van der Waals surface area (Å²) < 4.78 is 37.4. The first-order valence-electron chi connectivity index (χ1n) is 6.81. The highest BCUT2D eigenvalue weighted by atomic mass is 19.4. The third kappa shape index (κ3) is 8.75. The van der Waals surface area contributed by atoms with Crippen molar-refractivity contribution in [2.24, 2.45) is 0 Å². The van der Waals surface area contributed by atoms with Crippen molar-refractivity contribution in [2.75, 3.05) is 19.6 Å². The van der Waals surface area contributed by atoms with Gasteiger partial charge in [-0.1, -0.05) is 6.92 Å². The molecule has 1 atom stereocenters. The molecule has 2 nitrogen and oxygen atoms in total. The van der Waals surface area contributed by atoms with Crippen LogP contribution in [0.25, 0.3) is 0 Å². The van der Waals surface area contributed by atoms with Gasteiger partial charge in [0.2, 0.25) is 0 Å². The third-order valence-corrected chi connectivity index (χ3v) is 2.99. The van der Waals surface area contributed by atoms with E-state index in [0.29, 0.717) is 0 Å². The molecule has 110 valence electrons. The summed E-state index contributed by atoms with van der Waals surface area (Å²) in [5.74, 6) is 0. The molecule has 0 aromatic rings. The van der Waals surface area contributed by atoms with Crippen molar-refractivity contribution < 1.29 is 13.2 Å². The number of nitrogens with zero attached hydrogens (tertiary/aromatic N) is 1. The van der Waals surface area contributed by atoms with E-state index in [-0.39, 0.29) is 12.1 Å². The third-order valence-electron chi connectivity index (χ3n) is 2.99. The highest BCUT2D eigenvalue weighted by Gasteiger charge is 2.33. The zero-order chi connectivity index (χ0) is 14.2. The summed E-state index contributed by atoms with van der Waals surface area (Å²) in [6.07, 6.45) is -1.31. The van der Waals surface area contributed by atoms with Crippen LogP contribution in [0.1, 0.15) is 47.0 Å². The Bertz CT molecular complexity index is 205. The quantitative estimate of drug-likeness (QED) is 0.645. The van der Waals surface area contributed by atoms with Crippen molar-refractivity contribution in [1.29, 1.82) is 0 Å². The molecule has 0 bridgehead atoms. The maximum absolute atomic E-state index is 12.5. The van der Waals surface area contributed by atoms with E-state index < -0.39 is 12.7 Å². The Morgan fingerprint density at radius 2 is 1.72 bits per heavy atom. The Labute approximate surface area is 109 Å². The van der Waals surface area contributed by atoms with Crippen LogP contribution < -0.4 is 5.32 Å². The molecule has 0 fully saturated rings. The van der Waals surface area contributed by atoms with Gasteiger partial charge in [0.05, 0.1) is 6.54 Å². The van der Waals surface area contributed by atoms with Crippen LogP contribution >= 0.6 is 0 Å². The van der Waals surface area contributed by atoms with Gasteiger partial charge in [0.15, 0.2) is 0 Å². The molecule has 0 spiro atoms. The van der Waals surface area contributed by atoms with Gasteiger partial charge in [0.1, 0.15) is 0 Å². The van der Waals surface area contributed by atoms with E-state index in [2.05, 4.69) is 12.2 Å². The maximum Gasteiger partial charge on any atom is 0.401 e. The smallest absolute Gasteiger partial charge is 0.317 e. The van der Waals surface area contributed by atoms with Crippen molar-refractivity contribution in [1.82, 2.24) is 10.2 Å². The predicted octanol–water partition coefficient (Wildman–Crippen LogP) is 3.43. The summed E-state index contributed by atoms with van der Waals surface area (Å²) >= 11 is 0. The fraction of sp³-hybridized carbons (Fsp3) is 1.00. The van der Waals surface area contributed by atoms with Gasteiger partial charge >= 0.3 is 6.18 Å². The van der Waals surface area contributed by atoms with Crippen LogP contribution in [0.2, 0.25) is 0 Å². The van der Waals surface area contributed by atoms with Gasteiger partial charge in [-0.05, 0) is 53.1 Å². The van der Waals surface area contributed by atoms with Gasteiger partial charge in [-0.25, -0.2) is 0 Å². The summed E-state index contributed by atoms with van der Waals surface area (Å²) in [7, 11) is 0. The van der Waals surface area contributed by atoms with E-state index in [0.717, 1.165) is 32.4 Å². The fourth-order valence-electron chi connectivity index (χ4n) is 2.04. The number of hydrogen-bond donors (Lipinski definition) is 1. The Morgan fingerprint density at radius 3 is 2.17 bits per heavy atom. The minimum absolute atomic E-state index is 0.0324. The monoisotopic (exact) mass is 268 g/mol. The van der Waals surface area contributed by atoms with Crippen LogP contribution in [0, 0.1) is 0 Å². The lowest BCUT2D eigenvalue weighted by atomic mass is 10.1. The van der Waals surface area contributed by atoms with Crippen LogP contribution in [-0.2, 0) is 0 Å². The molecule has 0 saturated carbocycles. The Kier molecular flexibility index (Phi) is 8.61. The molecule has 0 aliphatic rings. The maximum atomic E-state index is 12.5. The lowest BCUT2D eigenvalue weighted by molar-refractivity contribution is -0.154. The molecular formula is C13H27F3N2. The number of hydrogen-bond acceptors (Lipinski definition) is 2. The topological polar surface area (TPSA) is 15.3 Å². The SMILES string of the molecule is CCCNCCCC(C)N(CC(F)(F)F)C(C)C. The first-order chi connectivity index (χ1) is 8.28. The zero-order valence-electron chi connectivity index (χ0n) is 12.0. The fourth-order valence-corrected chi connectivity index (χ4v) is 2.04. The first-order valence-corrected chi connectivity index (χ1v) is 6.81. The number of nitrogens with one attached hydrogen (secondary N) is 1. The molecule has 0 aromatic carbocycles. The molecule has 5 heteroatoms. The van der Waals surface area contributed by atoms with Crippen molar-refractivity contribution in [3.8, 4) is 0 Å². The zero-order valence-corrected chi connectivity index (χ0v) is 12.0. The van der Waals surface area contributed by atoms with Gasteiger partial charge in [-0.2, -0.15) is 13.2 Å². The van der Waals surface area contributed by atoms with E-state index in [1.807, 2.05) is 20.8 Å². The lowest BCUT2D eigenvalue weighted by Crippen LogP contribution is -2.44. The van der Waals surface area contributed by atoms with Gasteiger partial charge in [0, 0.05) is 12.1 Å². The summed E-state index contributed by atoms with van der Waals surface area (Å²) in [5, 5.41) is 3.27. The van der Waals surface area contributed by atoms with Crippen molar-refractivity contribution in [3.63, 3.8) is 0 Å². The normalized spacial score (nSPS) is 14.5. The first kappa shape index (κ1) is 17.7. The minimum atomic E-state index is -4.11. The minimum Gasteiger partial charge on any atom is -0.317 e. The molecule has 1 unspecified atom stereocenters. The highest BCUT2D eigenvalue weighted by molar-refractivity contribution is 4.74.